The highest BCUT2D eigenvalue weighted by Crippen LogP contribution is 2.28. The highest BCUT2D eigenvalue weighted by molar-refractivity contribution is 14.1. The molecule has 0 aliphatic heterocycles. The summed E-state index contributed by atoms with van der Waals surface area (Å²) in [5, 5.41) is 13.7. The fourth-order valence-corrected chi connectivity index (χ4v) is 3.87. The molecule has 2 N–H and O–H groups in total. The number of phenolic OH excluding ortho intramolecular Hbond substituents is 1. The minimum absolute atomic E-state index is 0.169. The summed E-state index contributed by atoms with van der Waals surface area (Å²) in [6.07, 6.45) is 1.71. The molecule has 6 nitrogen and oxygen atoms in total. The van der Waals surface area contributed by atoms with E-state index in [0.717, 1.165) is 18.3 Å². The molecule has 0 unspecified atom stereocenters. The Morgan fingerprint density at radius 1 is 1.16 bits per heavy atom. The van der Waals surface area contributed by atoms with E-state index in [9.17, 15) is 9.90 Å². The van der Waals surface area contributed by atoms with Crippen molar-refractivity contribution in [3.05, 3.63) is 48.6 Å². The molecule has 0 radical (unpaired) electrons. The van der Waals surface area contributed by atoms with Gasteiger partial charge in [-0.2, -0.15) is 5.10 Å². The largest absolute Gasteiger partial charge is 0.506 e. The zero-order valence-corrected chi connectivity index (χ0v) is 17.9. The lowest BCUT2D eigenvalue weighted by Crippen LogP contribution is -2.19. The first-order valence-corrected chi connectivity index (χ1v) is 9.31. The molecule has 0 fully saturated rings. The number of rotatable bonds is 6. The molecule has 0 saturated carbocycles. The quantitative estimate of drug-likeness (QED) is 0.320. The molecule has 2 aromatic carbocycles. The molecule has 0 saturated heterocycles. The molecule has 0 bridgehead atoms. The number of hydrogen-bond donors (Lipinski definition) is 2. The van der Waals surface area contributed by atoms with Crippen molar-refractivity contribution in [3.63, 3.8) is 0 Å². The van der Waals surface area contributed by atoms with Crippen LogP contribution in [0.5, 0.6) is 17.2 Å². The molecule has 8 heteroatoms. The van der Waals surface area contributed by atoms with Gasteiger partial charge in [0.2, 0.25) is 5.91 Å². The molecule has 1 amide bonds. The Morgan fingerprint density at radius 2 is 1.80 bits per heavy atom. The van der Waals surface area contributed by atoms with Crippen LogP contribution in [0.2, 0.25) is 0 Å². The molecule has 132 valence electrons. The molecule has 0 aliphatic rings. The SMILES string of the molecule is COc1ccc(CC(=O)N/N=C\c2cc(I)c(O)c(I)c2)cc1OC. The Hall–Kier alpha value is -1.56. The van der Waals surface area contributed by atoms with Crippen LogP contribution in [-0.4, -0.2) is 31.4 Å². The number of carbonyl (C=O) groups is 1. The summed E-state index contributed by atoms with van der Waals surface area (Å²) in [7, 11) is 3.11. The standard InChI is InChI=1S/C17H16I2N2O4/c1-24-14-4-3-10(7-15(14)25-2)8-16(22)21-20-9-11-5-12(18)17(23)13(19)6-11/h3-7,9,23H,8H2,1-2H3,(H,21,22)/b20-9-. The second-order valence-electron chi connectivity index (χ2n) is 4.99. The van der Waals surface area contributed by atoms with Crippen molar-refractivity contribution < 1.29 is 19.4 Å². The van der Waals surface area contributed by atoms with Crippen LogP contribution in [0.3, 0.4) is 0 Å². The zero-order chi connectivity index (χ0) is 18.4. The van der Waals surface area contributed by atoms with Crippen molar-refractivity contribution in [2.24, 2.45) is 5.10 Å². The third-order valence-electron chi connectivity index (χ3n) is 3.25. The lowest BCUT2D eigenvalue weighted by molar-refractivity contribution is -0.120. The van der Waals surface area contributed by atoms with Gasteiger partial charge in [-0.05, 0) is 80.6 Å². The normalized spacial score (nSPS) is 10.7. The van der Waals surface area contributed by atoms with E-state index in [4.69, 9.17) is 9.47 Å². The number of halogens is 2. The molecule has 0 aliphatic carbocycles. The molecule has 0 spiro atoms. The monoisotopic (exact) mass is 566 g/mol. The van der Waals surface area contributed by atoms with Gasteiger partial charge in [0, 0.05) is 0 Å². The second-order valence-corrected chi connectivity index (χ2v) is 7.32. The first kappa shape index (κ1) is 19.8. The number of nitrogens with one attached hydrogen (secondary N) is 1. The van der Waals surface area contributed by atoms with Gasteiger partial charge >= 0.3 is 0 Å². The number of carbonyl (C=O) groups excluding carboxylic acids is 1. The van der Waals surface area contributed by atoms with Gasteiger partial charge in [0.25, 0.3) is 0 Å². The van der Waals surface area contributed by atoms with E-state index >= 15 is 0 Å². The number of hydrazone groups is 1. The van der Waals surface area contributed by atoms with Gasteiger partial charge in [-0.25, -0.2) is 5.43 Å². The third-order valence-corrected chi connectivity index (χ3v) is 4.90. The number of ether oxygens (including phenoxy) is 2. The van der Waals surface area contributed by atoms with E-state index in [0.29, 0.717) is 11.5 Å². The van der Waals surface area contributed by atoms with Crippen molar-refractivity contribution in [2.45, 2.75) is 6.42 Å². The molecule has 25 heavy (non-hydrogen) atoms. The number of methoxy groups -OCH3 is 2. The number of benzene rings is 2. The average molecular weight is 566 g/mol. The van der Waals surface area contributed by atoms with E-state index in [1.807, 2.05) is 45.2 Å². The maximum atomic E-state index is 12.0. The van der Waals surface area contributed by atoms with Crippen molar-refractivity contribution >= 4 is 57.3 Å². The summed E-state index contributed by atoms with van der Waals surface area (Å²) < 4.78 is 11.8. The maximum absolute atomic E-state index is 12.0. The number of nitrogens with zero attached hydrogens (tertiary/aromatic N) is 1. The van der Waals surface area contributed by atoms with Gasteiger partial charge in [0.15, 0.2) is 11.5 Å². The molecule has 2 aromatic rings. The lowest BCUT2D eigenvalue weighted by atomic mass is 10.1. The van der Waals surface area contributed by atoms with Crippen LogP contribution in [0.25, 0.3) is 0 Å². The van der Waals surface area contributed by atoms with E-state index in [1.165, 1.54) is 6.21 Å². The van der Waals surface area contributed by atoms with Gasteiger partial charge in [-0.1, -0.05) is 6.07 Å². The predicted molar refractivity (Wildman–Crippen MR) is 113 cm³/mol. The van der Waals surface area contributed by atoms with Gasteiger partial charge < -0.3 is 14.6 Å². The van der Waals surface area contributed by atoms with Crippen LogP contribution in [0.15, 0.2) is 35.4 Å². The van der Waals surface area contributed by atoms with Crippen molar-refractivity contribution in [2.75, 3.05) is 14.2 Å². The number of phenols is 1. The summed E-state index contributed by atoms with van der Waals surface area (Å²) in [6.45, 7) is 0. The zero-order valence-electron chi connectivity index (χ0n) is 13.5. The van der Waals surface area contributed by atoms with Gasteiger partial charge in [0.05, 0.1) is 34.0 Å². The van der Waals surface area contributed by atoms with Gasteiger partial charge in [-0.15, -0.1) is 0 Å². The molecule has 0 heterocycles. The van der Waals surface area contributed by atoms with Crippen LogP contribution in [-0.2, 0) is 11.2 Å². The molecule has 0 atom stereocenters. The Balaban J connectivity index is 1.99. The topological polar surface area (TPSA) is 80.2 Å². The Morgan fingerprint density at radius 3 is 2.40 bits per heavy atom. The highest BCUT2D eigenvalue weighted by Gasteiger charge is 2.08. The fourth-order valence-electron chi connectivity index (χ4n) is 2.05. The summed E-state index contributed by atoms with van der Waals surface area (Å²) in [5.41, 5.74) is 4.07. The molecular formula is C17H16I2N2O4. The number of amides is 1. The van der Waals surface area contributed by atoms with E-state index in [1.54, 1.807) is 44.6 Å². The van der Waals surface area contributed by atoms with E-state index < -0.39 is 0 Å². The smallest absolute Gasteiger partial charge is 0.244 e. The first-order chi connectivity index (χ1) is 11.9. The second kappa shape index (κ2) is 9.22. The van der Waals surface area contributed by atoms with Crippen molar-refractivity contribution in [3.8, 4) is 17.2 Å². The van der Waals surface area contributed by atoms with Crippen LogP contribution in [0.4, 0.5) is 0 Å². The Labute approximate surface area is 172 Å². The molecule has 0 aromatic heterocycles. The lowest BCUT2D eigenvalue weighted by Gasteiger charge is -2.09. The number of aromatic hydroxyl groups is 1. The third kappa shape index (κ3) is 5.46. The minimum Gasteiger partial charge on any atom is -0.506 e. The summed E-state index contributed by atoms with van der Waals surface area (Å²) >= 11 is 4.08. The minimum atomic E-state index is -0.244. The Bertz CT molecular complexity index is 786. The molecular weight excluding hydrogens is 550 g/mol. The maximum Gasteiger partial charge on any atom is 0.244 e. The predicted octanol–water partition coefficient (Wildman–Crippen LogP) is 3.31. The van der Waals surface area contributed by atoms with E-state index in [2.05, 4.69) is 10.5 Å². The van der Waals surface area contributed by atoms with Gasteiger partial charge in [-0.3, -0.25) is 4.79 Å². The highest BCUT2D eigenvalue weighted by atomic mass is 127. The van der Waals surface area contributed by atoms with Crippen LogP contribution in [0.1, 0.15) is 11.1 Å². The Kier molecular flexibility index (Phi) is 7.29. The molecule has 2 rings (SSSR count). The fraction of sp³-hybridized carbons (Fsp3) is 0.176. The van der Waals surface area contributed by atoms with E-state index in [-0.39, 0.29) is 18.1 Å². The van der Waals surface area contributed by atoms with Crippen LogP contribution >= 0.6 is 45.2 Å². The number of hydrogen-bond acceptors (Lipinski definition) is 5. The van der Waals surface area contributed by atoms with Crippen molar-refractivity contribution in [1.29, 1.82) is 0 Å². The summed E-state index contributed by atoms with van der Waals surface area (Å²) in [5.74, 6) is 1.19. The van der Waals surface area contributed by atoms with Crippen LogP contribution < -0.4 is 14.9 Å². The average Bonchev–Trinajstić information content (AvgIpc) is 2.59. The van der Waals surface area contributed by atoms with Crippen LogP contribution in [0, 0.1) is 7.14 Å². The van der Waals surface area contributed by atoms with Crippen molar-refractivity contribution in [1.82, 2.24) is 5.43 Å². The summed E-state index contributed by atoms with van der Waals surface area (Å²) in [4.78, 5) is 12.0. The van der Waals surface area contributed by atoms with Gasteiger partial charge in [0.1, 0.15) is 5.75 Å². The first-order valence-electron chi connectivity index (χ1n) is 7.15. The summed E-state index contributed by atoms with van der Waals surface area (Å²) in [6, 6.07) is 8.87.